The number of aliphatic carboxylic acids is 2. The van der Waals surface area contributed by atoms with E-state index in [1.165, 1.54) is 57.8 Å². The molecule has 0 radical (unpaired) electrons. The highest BCUT2D eigenvalue weighted by molar-refractivity contribution is 5.86. The fourth-order valence-electron chi connectivity index (χ4n) is 2.97. The Balaban J connectivity index is 3.62. The molecule has 4 nitrogen and oxygen atoms in total. The number of hydrogen-bond acceptors (Lipinski definition) is 2. The van der Waals surface area contributed by atoms with Crippen molar-refractivity contribution in [2.24, 2.45) is 0 Å². The molecule has 0 aliphatic heterocycles. The molecule has 0 unspecified atom stereocenters. The summed E-state index contributed by atoms with van der Waals surface area (Å²) in [5.74, 6) is -1.61. The third kappa shape index (κ3) is 17.3. The lowest BCUT2D eigenvalue weighted by molar-refractivity contribution is -0.137. The number of carboxylic acids is 2. The maximum Gasteiger partial charge on any atom is 0.331 e. The van der Waals surface area contributed by atoms with Gasteiger partial charge < -0.3 is 10.2 Å². The Morgan fingerprint density at radius 3 is 1.68 bits per heavy atom. The summed E-state index contributed by atoms with van der Waals surface area (Å²) in [6, 6.07) is 0. The Kier molecular flexibility index (Phi) is 16.6. The second-order valence-electron chi connectivity index (χ2n) is 6.96. The Hall–Kier alpha value is -1.32. The molecular formula is C21H38O4. The number of rotatable bonds is 18. The fraction of sp³-hybridized carbons (Fsp3) is 0.810. The minimum absolute atomic E-state index is 0.171. The molecule has 0 aromatic heterocycles. The van der Waals surface area contributed by atoms with Crippen molar-refractivity contribution in [2.75, 3.05) is 0 Å². The monoisotopic (exact) mass is 354 g/mol. The number of hydrogen-bond donors (Lipinski definition) is 2. The van der Waals surface area contributed by atoms with Crippen molar-refractivity contribution in [2.45, 2.75) is 110 Å². The molecule has 0 saturated heterocycles. The molecule has 25 heavy (non-hydrogen) atoms. The first-order valence-electron chi connectivity index (χ1n) is 10.2. The zero-order valence-electron chi connectivity index (χ0n) is 16.1. The van der Waals surface area contributed by atoms with Gasteiger partial charge in [-0.25, -0.2) is 4.79 Å². The van der Waals surface area contributed by atoms with Gasteiger partial charge in [-0.1, -0.05) is 77.2 Å². The molecule has 2 N–H and O–H groups in total. The van der Waals surface area contributed by atoms with Crippen molar-refractivity contribution in [1.29, 1.82) is 0 Å². The Morgan fingerprint density at radius 1 is 0.680 bits per heavy atom. The topological polar surface area (TPSA) is 74.6 Å². The summed E-state index contributed by atoms with van der Waals surface area (Å²) in [7, 11) is 0. The molecule has 0 aliphatic rings. The van der Waals surface area contributed by atoms with Crippen LogP contribution in [0, 0.1) is 0 Å². The molecule has 0 bridgehead atoms. The molecule has 0 atom stereocenters. The summed E-state index contributed by atoms with van der Waals surface area (Å²) in [5.41, 5.74) is 0.492. The fourth-order valence-corrected chi connectivity index (χ4v) is 2.97. The van der Waals surface area contributed by atoms with Gasteiger partial charge in [0.2, 0.25) is 0 Å². The molecule has 0 saturated carbocycles. The predicted molar refractivity (Wildman–Crippen MR) is 103 cm³/mol. The first-order chi connectivity index (χ1) is 12.1. The summed E-state index contributed by atoms with van der Waals surface area (Å²) in [5, 5.41) is 17.8. The maximum absolute atomic E-state index is 11.2. The molecule has 0 aliphatic carbocycles. The van der Waals surface area contributed by atoms with Gasteiger partial charge in [-0.2, -0.15) is 0 Å². The summed E-state index contributed by atoms with van der Waals surface area (Å²) < 4.78 is 0. The lowest BCUT2D eigenvalue weighted by Crippen LogP contribution is -2.01. The highest BCUT2D eigenvalue weighted by atomic mass is 16.4. The van der Waals surface area contributed by atoms with Crippen LogP contribution < -0.4 is 0 Å². The van der Waals surface area contributed by atoms with Crippen molar-refractivity contribution in [1.82, 2.24) is 0 Å². The zero-order valence-corrected chi connectivity index (χ0v) is 16.1. The highest BCUT2D eigenvalue weighted by Gasteiger charge is 2.06. The van der Waals surface area contributed by atoms with Crippen LogP contribution in [0.3, 0.4) is 0 Å². The number of unbranched alkanes of at least 4 members (excludes halogenated alkanes) is 12. The van der Waals surface area contributed by atoms with E-state index in [9.17, 15) is 14.7 Å². The van der Waals surface area contributed by atoms with Crippen molar-refractivity contribution < 1.29 is 19.8 Å². The first-order valence-corrected chi connectivity index (χ1v) is 10.2. The van der Waals surface area contributed by atoms with E-state index in [4.69, 9.17) is 5.11 Å². The van der Waals surface area contributed by atoms with E-state index in [2.05, 4.69) is 6.92 Å². The molecule has 0 fully saturated rings. The van der Waals surface area contributed by atoms with Gasteiger partial charge in [0.15, 0.2) is 0 Å². The van der Waals surface area contributed by atoms with E-state index in [0.29, 0.717) is 18.4 Å². The normalized spacial score (nSPS) is 11.6. The van der Waals surface area contributed by atoms with Crippen molar-refractivity contribution >= 4 is 11.9 Å². The van der Waals surface area contributed by atoms with Gasteiger partial charge in [-0.3, -0.25) is 4.79 Å². The largest absolute Gasteiger partial charge is 0.481 e. The second-order valence-corrected chi connectivity index (χ2v) is 6.96. The molecule has 0 heterocycles. The predicted octanol–water partition coefficient (Wildman–Crippen LogP) is 6.34. The van der Waals surface area contributed by atoms with Gasteiger partial charge in [-0.15, -0.1) is 0 Å². The maximum atomic E-state index is 11.2. The van der Waals surface area contributed by atoms with Gasteiger partial charge >= 0.3 is 11.9 Å². The molecule has 0 amide bonds. The zero-order chi connectivity index (χ0) is 18.8. The molecule has 4 heteroatoms. The summed E-state index contributed by atoms with van der Waals surface area (Å²) in [4.78, 5) is 21.6. The first kappa shape index (κ1) is 23.7. The van der Waals surface area contributed by atoms with Crippen molar-refractivity contribution in [3.63, 3.8) is 0 Å². The number of carbonyl (C=O) groups is 2. The van der Waals surface area contributed by atoms with E-state index in [1.807, 2.05) is 6.08 Å². The van der Waals surface area contributed by atoms with Crippen molar-refractivity contribution in [3.8, 4) is 0 Å². The smallest absolute Gasteiger partial charge is 0.331 e. The standard InChI is InChI=1S/C21H38O4/c1-2-3-4-5-6-7-8-9-10-11-13-16-19(21(24)25)17-14-12-15-18-20(22)23/h16H,2-15,17-18H2,1H3,(H,22,23)(H,24,25). The minimum atomic E-state index is -0.828. The Labute approximate surface area is 153 Å². The third-order valence-electron chi connectivity index (χ3n) is 4.56. The number of allylic oxidation sites excluding steroid dienone is 1. The van der Waals surface area contributed by atoms with Gasteiger partial charge in [0.05, 0.1) is 0 Å². The molecule has 146 valence electrons. The molecule has 0 spiro atoms. The summed E-state index contributed by atoms with van der Waals surface area (Å²) in [6.07, 6.45) is 18.4. The van der Waals surface area contributed by atoms with Crippen molar-refractivity contribution in [3.05, 3.63) is 11.6 Å². The summed E-state index contributed by atoms with van der Waals surface area (Å²) in [6.45, 7) is 2.24. The minimum Gasteiger partial charge on any atom is -0.481 e. The van der Waals surface area contributed by atoms with Crippen LogP contribution in [0.1, 0.15) is 110 Å². The SMILES string of the molecule is CCCCCCCCCCCCC=C(CCCCCC(=O)O)C(=O)O. The van der Waals surface area contributed by atoms with Crippen LogP contribution in [0.15, 0.2) is 11.6 Å². The highest BCUT2D eigenvalue weighted by Crippen LogP contribution is 2.14. The van der Waals surface area contributed by atoms with Gasteiger partial charge in [0.25, 0.3) is 0 Å². The molecule has 0 aromatic rings. The van der Waals surface area contributed by atoms with Gasteiger partial charge in [0, 0.05) is 12.0 Å². The van der Waals surface area contributed by atoms with Crippen LogP contribution in [0.5, 0.6) is 0 Å². The Bertz CT molecular complexity index is 374. The van der Waals surface area contributed by atoms with Gasteiger partial charge in [-0.05, 0) is 32.1 Å². The lowest BCUT2D eigenvalue weighted by Gasteiger charge is -2.04. The van der Waals surface area contributed by atoms with Crippen LogP contribution >= 0.6 is 0 Å². The quantitative estimate of drug-likeness (QED) is 0.222. The van der Waals surface area contributed by atoms with E-state index in [-0.39, 0.29) is 6.42 Å². The number of carboxylic acid groups (broad SMARTS) is 2. The average Bonchev–Trinajstić information content (AvgIpc) is 2.57. The lowest BCUT2D eigenvalue weighted by atomic mass is 10.0. The average molecular weight is 355 g/mol. The van der Waals surface area contributed by atoms with Gasteiger partial charge in [0.1, 0.15) is 0 Å². The molecular weight excluding hydrogens is 316 g/mol. The third-order valence-corrected chi connectivity index (χ3v) is 4.56. The van der Waals surface area contributed by atoms with Crippen LogP contribution in [-0.2, 0) is 9.59 Å². The Morgan fingerprint density at radius 2 is 1.16 bits per heavy atom. The van der Waals surface area contributed by atoms with E-state index >= 15 is 0 Å². The second kappa shape index (κ2) is 17.5. The van der Waals surface area contributed by atoms with E-state index < -0.39 is 11.9 Å². The van der Waals surface area contributed by atoms with Crippen LogP contribution in [0.2, 0.25) is 0 Å². The van der Waals surface area contributed by atoms with Crippen LogP contribution in [-0.4, -0.2) is 22.2 Å². The van der Waals surface area contributed by atoms with Crippen LogP contribution in [0.25, 0.3) is 0 Å². The summed E-state index contributed by atoms with van der Waals surface area (Å²) >= 11 is 0. The molecule has 0 aromatic carbocycles. The van der Waals surface area contributed by atoms with E-state index in [0.717, 1.165) is 25.7 Å². The van der Waals surface area contributed by atoms with Crippen LogP contribution in [0.4, 0.5) is 0 Å². The van der Waals surface area contributed by atoms with E-state index in [1.54, 1.807) is 0 Å². The molecule has 0 rings (SSSR count).